The van der Waals surface area contributed by atoms with Crippen LogP contribution in [-0.2, 0) is 4.74 Å². The second-order valence-electron chi connectivity index (χ2n) is 5.04. The van der Waals surface area contributed by atoms with Crippen LogP contribution in [0.5, 0.6) is 0 Å². The average Bonchev–Trinajstić information content (AvgIpc) is 1.81. The molecule has 2 heteroatoms. The first-order valence-corrected chi connectivity index (χ1v) is 5.26. The molecule has 2 unspecified atom stereocenters. The predicted octanol–water partition coefficient (Wildman–Crippen LogP) is 2.91. The molecule has 0 aliphatic carbocycles. The number of rotatable bonds is 5. The van der Waals surface area contributed by atoms with E-state index in [-0.39, 0.29) is 11.6 Å². The number of ether oxygens (including phenoxy) is 1. The lowest BCUT2D eigenvalue weighted by Gasteiger charge is -2.25. The first kappa shape index (κ1) is 12.9. The van der Waals surface area contributed by atoms with Crippen LogP contribution in [0.4, 0.5) is 0 Å². The minimum Gasteiger partial charge on any atom is -0.361 e. The average molecular weight is 187 g/mol. The second-order valence-corrected chi connectivity index (χ2v) is 5.04. The van der Waals surface area contributed by atoms with Crippen LogP contribution in [-0.4, -0.2) is 12.3 Å². The quantitative estimate of drug-likeness (QED) is 0.672. The Balaban J connectivity index is 3.67. The summed E-state index contributed by atoms with van der Waals surface area (Å²) < 4.78 is 5.64. The number of nitrogens with two attached hydrogens (primary N) is 1. The lowest BCUT2D eigenvalue weighted by Crippen LogP contribution is -2.32. The highest BCUT2D eigenvalue weighted by molar-refractivity contribution is 4.66. The Bertz CT molecular complexity index is 129. The molecular formula is C11H25NO. The Morgan fingerprint density at radius 2 is 1.85 bits per heavy atom. The smallest absolute Gasteiger partial charge is 0.106 e. The Kier molecular flexibility index (Phi) is 5.57. The van der Waals surface area contributed by atoms with E-state index in [9.17, 15) is 0 Å². The third-order valence-corrected chi connectivity index (χ3v) is 1.92. The van der Waals surface area contributed by atoms with Gasteiger partial charge in [0, 0.05) is 0 Å². The van der Waals surface area contributed by atoms with Gasteiger partial charge < -0.3 is 10.5 Å². The van der Waals surface area contributed by atoms with Crippen molar-refractivity contribution in [3.8, 4) is 0 Å². The minimum absolute atomic E-state index is 0.110. The summed E-state index contributed by atoms with van der Waals surface area (Å²) in [4.78, 5) is 0. The zero-order chi connectivity index (χ0) is 10.5. The molecule has 0 radical (unpaired) electrons. The van der Waals surface area contributed by atoms with Crippen LogP contribution in [0.25, 0.3) is 0 Å². The Morgan fingerprint density at radius 3 is 2.23 bits per heavy atom. The molecule has 0 aliphatic heterocycles. The largest absolute Gasteiger partial charge is 0.361 e. The third kappa shape index (κ3) is 8.26. The summed E-state index contributed by atoms with van der Waals surface area (Å²) >= 11 is 0. The zero-order valence-electron chi connectivity index (χ0n) is 9.76. The summed E-state index contributed by atoms with van der Waals surface area (Å²) in [5.74, 6) is 0. The number of hydrogen-bond acceptors (Lipinski definition) is 2. The maximum absolute atomic E-state index is 5.87. The lowest BCUT2D eigenvalue weighted by atomic mass is 9.91. The normalized spacial score (nSPS) is 17.1. The van der Waals surface area contributed by atoms with Crippen LogP contribution >= 0.6 is 0 Å². The van der Waals surface area contributed by atoms with Crippen molar-refractivity contribution in [1.82, 2.24) is 0 Å². The fourth-order valence-corrected chi connectivity index (χ4v) is 1.42. The van der Waals surface area contributed by atoms with Gasteiger partial charge in [-0.05, 0) is 25.2 Å². The third-order valence-electron chi connectivity index (χ3n) is 1.92. The molecule has 0 fully saturated rings. The zero-order valence-corrected chi connectivity index (χ0v) is 9.76. The van der Waals surface area contributed by atoms with E-state index in [1.54, 1.807) is 0 Å². The minimum atomic E-state index is -0.110. The van der Waals surface area contributed by atoms with Crippen LogP contribution in [0.15, 0.2) is 0 Å². The molecule has 0 bridgehead atoms. The summed E-state index contributed by atoms with van der Waals surface area (Å²) in [6.07, 6.45) is 3.35. The van der Waals surface area contributed by atoms with Gasteiger partial charge in [0.15, 0.2) is 0 Å². The van der Waals surface area contributed by atoms with Crippen molar-refractivity contribution < 1.29 is 4.74 Å². The molecule has 2 nitrogen and oxygen atoms in total. The van der Waals surface area contributed by atoms with E-state index in [1.165, 1.54) is 0 Å². The number of hydrogen-bond donors (Lipinski definition) is 1. The SMILES string of the molecule is CCCC(C)OC(N)CC(C)(C)C. The monoisotopic (exact) mass is 187 g/mol. The van der Waals surface area contributed by atoms with Gasteiger partial charge >= 0.3 is 0 Å². The van der Waals surface area contributed by atoms with Crippen molar-refractivity contribution >= 4 is 0 Å². The maximum atomic E-state index is 5.87. The first-order valence-electron chi connectivity index (χ1n) is 5.26. The van der Waals surface area contributed by atoms with Gasteiger partial charge in [0.05, 0.1) is 6.10 Å². The molecule has 0 spiro atoms. The van der Waals surface area contributed by atoms with Gasteiger partial charge in [0.1, 0.15) is 6.23 Å². The van der Waals surface area contributed by atoms with Gasteiger partial charge in [-0.25, -0.2) is 0 Å². The van der Waals surface area contributed by atoms with Gasteiger partial charge in [-0.15, -0.1) is 0 Å². The van der Waals surface area contributed by atoms with Gasteiger partial charge in [0.25, 0.3) is 0 Å². The molecule has 2 N–H and O–H groups in total. The van der Waals surface area contributed by atoms with Crippen LogP contribution in [0.2, 0.25) is 0 Å². The molecule has 0 rings (SSSR count). The molecule has 0 aromatic rings. The fraction of sp³-hybridized carbons (Fsp3) is 1.00. The molecule has 13 heavy (non-hydrogen) atoms. The van der Waals surface area contributed by atoms with E-state index in [2.05, 4.69) is 34.6 Å². The lowest BCUT2D eigenvalue weighted by molar-refractivity contribution is -0.0220. The molecule has 0 aliphatic rings. The molecule has 0 amide bonds. The van der Waals surface area contributed by atoms with Crippen molar-refractivity contribution in [2.45, 2.75) is 66.2 Å². The highest BCUT2D eigenvalue weighted by atomic mass is 16.5. The highest BCUT2D eigenvalue weighted by Crippen LogP contribution is 2.21. The van der Waals surface area contributed by atoms with Crippen LogP contribution in [0, 0.1) is 5.41 Å². The second kappa shape index (κ2) is 5.61. The molecule has 0 saturated heterocycles. The van der Waals surface area contributed by atoms with Crippen molar-refractivity contribution in [2.24, 2.45) is 11.1 Å². The van der Waals surface area contributed by atoms with E-state index in [4.69, 9.17) is 10.5 Å². The van der Waals surface area contributed by atoms with Crippen molar-refractivity contribution in [3.05, 3.63) is 0 Å². The topological polar surface area (TPSA) is 35.2 Å². The fourth-order valence-electron chi connectivity index (χ4n) is 1.42. The van der Waals surface area contributed by atoms with Crippen LogP contribution in [0.3, 0.4) is 0 Å². The van der Waals surface area contributed by atoms with Crippen molar-refractivity contribution in [1.29, 1.82) is 0 Å². The Morgan fingerprint density at radius 1 is 1.31 bits per heavy atom. The molecule has 0 heterocycles. The van der Waals surface area contributed by atoms with Gasteiger partial charge in [-0.2, -0.15) is 0 Å². The van der Waals surface area contributed by atoms with E-state index < -0.39 is 0 Å². The van der Waals surface area contributed by atoms with Crippen LogP contribution in [0.1, 0.15) is 53.9 Å². The van der Waals surface area contributed by atoms with Crippen molar-refractivity contribution in [3.63, 3.8) is 0 Å². The first-order chi connectivity index (χ1) is 5.85. The van der Waals surface area contributed by atoms with E-state index in [1.807, 2.05) is 0 Å². The van der Waals surface area contributed by atoms with Gasteiger partial charge in [-0.1, -0.05) is 34.1 Å². The molecule has 0 aromatic carbocycles. The maximum Gasteiger partial charge on any atom is 0.106 e. The standard InChI is InChI=1S/C11H25NO/c1-6-7-9(2)13-10(12)8-11(3,4)5/h9-10H,6-8,12H2,1-5H3. The Hall–Kier alpha value is -0.0800. The molecular weight excluding hydrogens is 162 g/mol. The molecule has 0 aromatic heterocycles. The summed E-state index contributed by atoms with van der Waals surface area (Å²) in [5, 5.41) is 0. The van der Waals surface area contributed by atoms with Crippen molar-refractivity contribution in [2.75, 3.05) is 0 Å². The molecule has 80 valence electrons. The summed E-state index contributed by atoms with van der Waals surface area (Å²) in [7, 11) is 0. The molecule has 0 saturated carbocycles. The highest BCUT2D eigenvalue weighted by Gasteiger charge is 2.17. The van der Waals surface area contributed by atoms with E-state index in [0.717, 1.165) is 19.3 Å². The molecule has 2 atom stereocenters. The predicted molar refractivity (Wildman–Crippen MR) is 57.5 cm³/mol. The summed E-state index contributed by atoms with van der Waals surface area (Å²) in [6.45, 7) is 10.8. The summed E-state index contributed by atoms with van der Waals surface area (Å²) in [6, 6.07) is 0. The van der Waals surface area contributed by atoms with Crippen LogP contribution < -0.4 is 5.73 Å². The van der Waals surface area contributed by atoms with E-state index in [0.29, 0.717) is 6.10 Å². The van der Waals surface area contributed by atoms with E-state index >= 15 is 0 Å². The van der Waals surface area contributed by atoms with Gasteiger partial charge in [0.2, 0.25) is 0 Å². The Labute approximate surface area is 82.8 Å². The summed E-state index contributed by atoms with van der Waals surface area (Å²) in [5.41, 5.74) is 6.12. The van der Waals surface area contributed by atoms with Gasteiger partial charge in [-0.3, -0.25) is 0 Å².